The molecule has 1 fully saturated rings. The zero-order valence-corrected chi connectivity index (χ0v) is 12.9. The van der Waals surface area contributed by atoms with Crippen LogP contribution in [0.3, 0.4) is 0 Å². The lowest BCUT2D eigenvalue weighted by Crippen LogP contribution is -2.33. The monoisotopic (exact) mass is 334 g/mol. The molecule has 2 aromatic carbocycles. The number of anilines is 1. The molecule has 126 valence electrons. The predicted octanol–water partition coefficient (Wildman–Crippen LogP) is 3.88. The van der Waals surface area contributed by atoms with Crippen molar-refractivity contribution in [1.29, 1.82) is 0 Å². The zero-order chi connectivity index (χ0) is 17.1. The molecule has 3 rings (SSSR count). The van der Waals surface area contributed by atoms with E-state index in [9.17, 15) is 18.0 Å². The van der Waals surface area contributed by atoms with E-state index in [2.05, 4.69) is 5.32 Å². The maximum Gasteiger partial charge on any atom is 0.238 e. The number of amides is 1. The first-order chi connectivity index (χ1) is 11.5. The summed E-state index contributed by atoms with van der Waals surface area (Å²) in [6.07, 6.45) is 1.79. The average molecular weight is 334 g/mol. The normalized spacial score (nSPS) is 17.9. The Hall–Kier alpha value is -2.34. The van der Waals surface area contributed by atoms with Crippen molar-refractivity contribution in [3.05, 3.63) is 65.5 Å². The molecule has 6 heteroatoms. The van der Waals surface area contributed by atoms with Crippen LogP contribution >= 0.6 is 0 Å². The van der Waals surface area contributed by atoms with E-state index in [0.29, 0.717) is 0 Å². The molecule has 1 saturated heterocycles. The van der Waals surface area contributed by atoms with Crippen LogP contribution < -0.4 is 5.32 Å². The molecular weight excluding hydrogens is 317 g/mol. The highest BCUT2D eigenvalue weighted by atomic mass is 19.1. The lowest BCUT2D eigenvalue weighted by molar-refractivity contribution is -0.117. The molecule has 1 unspecified atom stereocenters. The molecule has 1 aliphatic heterocycles. The van der Waals surface area contributed by atoms with E-state index >= 15 is 0 Å². The fourth-order valence-electron chi connectivity index (χ4n) is 3.05. The van der Waals surface area contributed by atoms with E-state index in [1.807, 2.05) is 4.90 Å². The summed E-state index contributed by atoms with van der Waals surface area (Å²) in [6.45, 7) is 0.791. The Kier molecular flexibility index (Phi) is 4.85. The Bertz CT molecular complexity index is 734. The van der Waals surface area contributed by atoms with Gasteiger partial charge in [-0.2, -0.15) is 0 Å². The third kappa shape index (κ3) is 3.76. The highest BCUT2D eigenvalue weighted by molar-refractivity contribution is 5.92. The molecule has 1 amide bonds. The molecule has 0 radical (unpaired) electrons. The summed E-state index contributed by atoms with van der Waals surface area (Å²) in [6, 6.07) is 9.16. The fraction of sp³-hybridized carbons (Fsp3) is 0.278. The Morgan fingerprint density at radius 1 is 1.08 bits per heavy atom. The Morgan fingerprint density at radius 3 is 2.54 bits per heavy atom. The Morgan fingerprint density at radius 2 is 1.79 bits per heavy atom. The average Bonchev–Trinajstić information content (AvgIpc) is 2.99. The number of likely N-dealkylation sites (tertiary alicyclic amines) is 1. The number of benzene rings is 2. The van der Waals surface area contributed by atoms with Crippen LogP contribution in [0, 0.1) is 17.5 Å². The summed E-state index contributed by atoms with van der Waals surface area (Å²) < 4.78 is 39.8. The first-order valence-corrected chi connectivity index (χ1v) is 7.77. The van der Waals surface area contributed by atoms with Gasteiger partial charge >= 0.3 is 0 Å². The second kappa shape index (κ2) is 7.05. The largest absolute Gasteiger partial charge is 0.322 e. The van der Waals surface area contributed by atoms with Gasteiger partial charge in [-0.25, -0.2) is 13.2 Å². The van der Waals surface area contributed by atoms with Gasteiger partial charge in [-0.1, -0.05) is 12.1 Å². The van der Waals surface area contributed by atoms with Crippen molar-refractivity contribution in [2.24, 2.45) is 0 Å². The molecule has 24 heavy (non-hydrogen) atoms. The number of carbonyl (C=O) groups excluding carboxylic acids is 1. The first kappa shape index (κ1) is 16.5. The number of halogens is 3. The Balaban J connectivity index is 1.67. The van der Waals surface area contributed by atoms with Crippen molar-refractivity contribution < 1.29 is 18.0 Å². The second-order valence-corrected chi connectivity index (χ2v) is 5.85. The van der Waals surface area contributed by atoms with Crippen molar-refractivity contribution in [2.75, 3.05) is 18.4 Å². The standard InChI is InChI=1S/C18H17F3N2O/c19-13-5-3-12(4-6-13)17-2-1-9-23(17)11-18(24)22-16-10-14(20)7-8-15(16)21/h3-8,10,17H,1-2,9,11H2,(H,22,24). The zero-order valence-electron chi connectivity index (χ0n) is 12.9. The number of carbonyl (C=O) groups is 1. The van der Waals surface area contributed by atoms with Crippen LogP contribution in [0.15, 0.2) is 42.5 Å². The van der Waals surface area contributed by atoms with Crippen molar-refractivity contribution in [3.63, 3.8) is 0 Å². The Labute approximate surface area is 138 Å². The van der Waals surface area contributed by atoms with E-state index in [1.54, 1.807) is 12.1 Å². The number of nitrogens with one attached hydrogen (secondary N) is 1. The molecule has 0 saturated carbocycles. The number of hydrogen-bond donors (Lipinski definition) is 1. The summed E-state index contributed by atoms with van der Waals surface area (Å²) in [5.41, 5.74) is 0.774. The van der Waals surface area contributed by atoms with Gasteiger partial charge in [0, 0.05) is 12.1 Å². The molecular formula is C18H17F3N2O. The summed E-state index contributed by atoms with van der Waals surface area (Å²) in [4.78, 5) is 14.1. The summed E-state index contributed by atoms with van der Waals surface area (Å²) in [5, 5.41) is 2.40. The molecule has 0 aliphatic carbocycles. The molecule has 0 spiro atoms. The third-order valence-electron chi connectivity index (χ3n) is 4.17. The van der Waals surface area contributed by atoms with E-state index < -0.39 is 17.5 Å². The molecule has 0 bridgehead atoms. The molecule has 0 aromatic heterocycles. The lowest BCUT2D eigenvalue weighted by Gasteiger charge is -2.24. The third-order valence-corrected chi connectivity index (χ3v) is 4.17. The summed E-state index contributed by atoms with van der Waals surface area (Å²) in [5.74, 6) is -2.01. The maximum atomic E-state index is 13.6. The molecule has 3 nitrogen and oxygen atoms in total. The van der Waals surface area contributed by atoms with Crippen LogP contribution in [0.25, 0.3) is 0 Å². The van der Waals surface area contributed by atoms with E-state index in [1.165, 1.54) is 12.1 Å². The van der Waals surface area contributed by atoms with Gasteiger partial charge in [0.15, 0.2) is 0 Å². The highest BCUT2D eigenvalue weighted by Gasteiger charge is 2.27. The van der Waals surface area contributed by atoms with Gasteiger partial charge in [0.1, 0.15) is 17.5 Å². The minimum absolute atomic E-state index is 0.0220. The molecule has 1 heterocycles. The van der Waals surface area contributed by atoms with Crippen LogP contribution in [0.4, 0.5) is 18.9 Å². The van der Waals surface area contributed by atoms with E-state index in [0.717, 1.165) is 43.1 Å². The van der Waals surface area contributed by atoms with Crippen LogP contribution in [-0.2, 0) is 4.79 Å². The van der Waals surface area contributed by atoms with Crippen molar-refractivity contribution >= 4 is 11.6 Å². The van der Waals surface area contributed by atoms with Gasteiger partial charge < -0.3 is 5.32 Å². The maximum absolute atomic E-state index is 13.6. The van der Waals surface area contributed by atoms with Crippen LogP contribution in [0.1, 0.15) is 24.4 Å². The van der Waals surface area contributed by atoms with Crippen LogP contribution in [0.2, 0.25) is 0 Å². The SMILES string of the molecule is O=C(CN1CCCC1c1ccc(F)cc1)Nc1cc(F)ccc1F. The van der Waals surface area contributed by atoms with Crippen molar-refractivity contribution in [1.82, 2.24) is 4.90 Å². The van der Waals surface area contributed by atoms with E-state index in [-0.39, 0.29) is 24.1 Å². The van der Waals surface area contributed by atoms with Crippen LogP contribution in [-0.4, -0.2) is 23.9 Å². The van der Waals surface area contributed by atoms with Gasteiger partial charge in [-0.15, -0.1) is 0 Å². The molecule has 1 atom stereocenters. The number of rotatable bonds is 4. The van der Waals surface area contributed by atoms with Crippen molar-refractivity contribution in [3.8, 4) is 0 Å². The lowest BCUT2D eigenvalue weighted by atomic mass is 10.0. The predicted molar refractivity (Wildman–Crippen MR) is 84.9 cm³/mol. The summed E-state index contributed by atoms with van der Waals surface area (Å²) in [7, 11) is 0. The molecule has 2 aromatic rings. The van der Waals surface area contributed by atoms with Gasteiger partial charge in [-0.3, -0.25) is 9.69 Å². The minimum Gasteiger partial charge on any atom is -0.322 e. The number of nitrogens with zero attached hydrogens (tertiary/aromatic N) is 1. The van der Waals surface area contributed by atoms with Gasteiger partial charge in [0.2, 0.25) is 5.91 Å². The van der Waals surface area contributed by atoms with Crippen molar-refractivity contribution in [2.45, 2.75) is 18.9 Å². The topological polar surface area (TPSA) is 32.3 Å². The molecule has 1 aliphatic rings. The fourth-order valence-corrected chi connectivity index (χ4v) is 3.05. The quantitative estimate of drug-likeness (QED) is 0.920. The molecule has 1 N–H and O–H groups in total. The van der Waals surface area contributed by atoms with Gasteiger partial charge in [0.05, 0.1) is 12.2 Å². The smallest absolute Gasteiger partial charge is 0.238 e. The van der Waals surface area contributed by atoms with Gasteiger partial charge in [0.25, 0.3) is 0 Å². The minimum atomic E-state index is -0.679. The van der Waals surface area contributed by atoms with Crippen LogP contribution in [0.5, 0.6) is 0 Å². The number of hydrogen-bond acceptors (Lipinski definition) is 2. The van der Waals surface area contributed by atoms with Gasteiger partial charge in [-0.05, 0) is 49.2 Å². The first-order valence-electron chi connectivity index (χ1n) is 7.77. The highest BCUT2D eigenvalue weighted by Crippen LogP contribution is 2.31. The second-order valence-electron chi connectivity index (χ2n) is 5.85. The summed E-state index contributed by atoms with van der Waals surface area (Å²) >= 11 is 0. The van der Waals surface area contributed by atoms with E-state index in [4.69, 9.17) is 0 Å².